The van der Waals surface area contributed by atoms with Crippen LogP contribution >= 0.6 is 0 Å². The van der Waals surface area contributed by atoms with Crippen molar-refractivity contribution in [1.29, 1.82) is 0 Å². The van der Waals surface area contributed by atoms with Gasteiger partial charge in [0, 0.05) is 32.8 Å². The van der Waals surface area contributed by atoms with Crippen LogP contribution in [0.1, 0.15) is 39.5 Å². The molecule has 0 aromatic rings. The average molecular weight is 271 g/mol. The predicted octanol–water partition coefficient (Wildman–Crippen LogP) is 1.54. The molecule has 1 aliphatic rings. The van der Waals surface area contributed by atoms with E-state index in [1.54, 1.807) is 0 Å². The Bertz CT molecular complexity index is 241. The summed E-state index contributed by atoms with van der Waals surface area (Å²) in [6, 6.07) is 0. The van der Waals surface area contributed by atoms with E-state index in [1.807, 2.05) is 0 Å². The van der Waals surface area contributed by atoms with Crippen molar-refractivity contribution in [1.82, 2.24) is 10.6 Å². The SMILES string of the molecule is CCCCNC(=NCCCOC1CCOC1)NCC. The van der Waals surface area contributed by atoms with Crippen LogP contribution in [-0.4, -0.2) is 51.5 Å². The molecule has 112 valence electrons. The summed E-state index contributed by atoms with van der Waals surface area (Å²) in [4.78, 5) is 4.53. The van der Waals surface area contributed by atoms with E-state index in [4.69, 9.17) is 9.47 Å². The summed E-state index contributed by atoms with van der Waals surface area (Å²) in [5, 5.41) is 6.58. The molecular weight excluding hydrogens is 242 g/mol. The normalized spacial score (nSPS) is 19.7. The van der Waals surface area contributed by atoms with Crippen molar-refractivity contribution in [3.05, 3.63) is 0 Å². The first-order valence-corrected chi connectivity index (χ1v) is 7.58. The van der Waals surface area contributed by atoms with Gasteiger partial charge < -0.3 is 20.1 Å². The smallest absolute Gasteiger partial charge is 0.191 e. The van der Waals surface area contributed by atoms with Crippen molar-refractivity contribution in [2.45, 2.75) is 45.6 Å². The molecule has 1 atom stereocenters. The van der Waals surface area contributed by atoms with Crippen LogP contribution in [0.15, 0.2) is 4.99 Å². The van der Waals surface area contributed by atoms with Crippen molar-refractivity contribution in [3.8, 4) is 0 Å². The van der Waals surface area contributed by atoms with Gasteiger partial charge in [-0.15, -0.1) is 0 Å². The molecule has 1 fully saturated rings. The third-order valence-electron chi connectivity index (χ3n) is 2.98. The molecule has 1 unspecified atom stereocenters. The summed E-state index contributed by atoms with van der Waals surface area (Å²) < 4.78 is 11.0. The molecule has 0 aromatic carbocycles. The number of hydrogen-bond acceptors (Lipinski definition) is 3. The fourth-order valence-corrected chi connectivity index (χ4v) is 1.88. The molecule has 0 amide bonds. The van der Waals surface area contributed by atoms with Gasteiger partial charge in [0.2, 0.25) is 0 Å². The van der Waals surface area contributed by atoms with Gasteiger partial charge in [-0.1, -0.05) is 13.3 Å². The monoisotopic (exact) mass is 271 g/mol. The van der Waals surface area contributed by atoms with Gasteiger partial charge in [0.25, 0.3) is 0 Å². The van der Waals surface area contributed by atoms with Crippen LogP contribution in [-0.2, 0) is 9.47 Å². The topological polar surface area (TPSA) is 54.9 Å². The number of rotatable bonds is 9. The highest BCUT2D eigenvalue weighted by molar-refractivity contribution is 5.79. The molecule has 0 aliphatic carbocycles. The lowest BCUT2D eigenvalue weighted by Crippen LogP contribution is -2.37. The molecule has 5 nitrogen and oxygen atoms in total. The number of guanidine groups is 1. The van der Waals surface area contributed by atoms with Gasteiger partial charge in [0.15, 0.2) is 5.96 Å². The quantitative estimate of drug-likeness (QED) is 0.379. The van der Waals surface area contributed by atoms with Gasteiger partial charge in [-0.3, -0.25) is 4.99 Å². The Balaban J connectivity index is 2.07. The minimum atomic E-state index is 0.305. The molecule has 5 heteroatoms. The fraction of sp³-hybridized carbons (Fsp3) is 0.929. The highest BCUT2D eigenvalue weighted by Gasteiger charge is 2.15. The summed E-state index contributed by atoms with van der Waals surface area (Å²) >= 11 is 0. The predicted molar refractivity (Wildman–Crippen MR) is 78.7 cm³/mol. The minimum Gasteiger partial charge on any atom is -0.379 e. The van der Waals surface area contributed by atoms with Crippen LogP contribution in [0.3, 0.4) is 0 Å². The number of aliphatic imine (C=N–C) groups is 1. The van der Waals surface area contributed by atoms with Crippen LogP contribution in [0.5, 0.6) is 0 Å². The van der Waals surface area contributed by atoms with E-state index < -0.39 is 0 Å². The zero-order valence-electron chi connectivity index (χ0n) is 12.4. The van der Waals surface area contributed by atoms with Gasteiger partial charge in [0.05, 0.1) is 12.7 Å². The maximum absolute atomic E-state index is 5.71. The van der Waals surface area contributed by atoms with Crippen LogP contribution in [0.25, 0.3) is 0 Å². The van der Waals surface area contributed by atoms with E-state index in [9.17, 15) is 0 Å². The number of ether oxygens (including phenoxy) is 2. The molecule has 0 spiro atoms. The lowest BCUT2D eigenvalue weighted by Gasteiger charge is -2.11. The standard InChI is InChI=1S/C14H29N3O2/c1-3-5-8-16-14(15-4-2)17-9-6-10-19-13-7-11-18-12-13/h13H,3-12H2,1-2H3,(H2,15,16,17). The highest BCUT2D eigenvalue weighted by atomic mass is 16.5. The number of unbranched alkanes of at least 4 members (excludes halogenated alkanes) is 1. The van der Waals surface area contributed by atoms with Crippen molar-refractivity contribution in [2.75, 3.05) is 39.5 Å². The summed E-state index contributed by atoms with van der Waals surface area (Å²) in [7, 11) is 0. The number of nitrogens with zero attached hydrogens (tertiary/aromatic N) is 1. The summed E-state index contributed by atoms with van der Waals surface area (Å²) in [6.07, 6.45) is 4.67. The Hall–Kier alpha value is -0.810. The second kappa shape index (κ2) is 11.1. The van der Waals surface area contributed by atoms with Gasteiger partial charge >= 0.3 is 0 Å². The van der Waals surface area contributed by atoms with Gasteiger partial charge in [0.1, 0.15) is 0 Å². The molecule has 0 saturated carbocycles. The molecule has 0 aromatic heterocycles. The zero-order valence-corrected chi connectivity index (χ0v) is 12.4. The molecular formula is C14H29N3O2. The van der Waals surface area contributed by atoms with Crippen LogP contribution in [0.4, 0.5) is 0 Å². The molecule has 19 heavy (non-hydrogen) atoms. The molecule has 1 saturated heterocycles. The molecule has 0 bridgehead atoms. The number of nitrogens with one attached hydrogen (secondary N) is 2. The van der Waals surface area contributed by atoms with E-state index in [2.05, 4.69) is 29.5 Å². The Morgan fingerprint density at radius 1 is 1.32 bits per heavy atom. The van der Waals surface area contributed by atoms with Crippen molar-refractivity contribution < 1.29 is 9.47 Å². The van der Waals surface area contributed by atoms with Gasteiger partial charge in [-0.25, -0.2) is 0 Å². The first-order valence-electron chi connectivity index (χ1n) is 7.58. The molecule has 1 aliphatic heterocycles. The third kappa shape index (κ3) is 8.06. The zero-order chi connectivity index (χ0) is 13.8. The Morgan fingerprint density at radius 3 is 2.89 bits per heavy atom. The summed E-state index contributed by atoms with van der Waals surface area (Å²) in [6.45, 7) is 9.32. The second-order valence-corrected chi connectivity index (χ2v) is 4.75. The Morgan fingerprint density at radius 2 is 2.21 bits per heavy atom. The minimum absolute atomic E-state index is 0.305. The van der Waals surface area contributed by atoms with E-state index >= 15 is 0 Å². The highest BCUT2D eigenvalue weighted by Crippen LogP contribution is 2.07. The van der Waals surface area contributed by atoms with E-state index in [-0.39, 0.29) is 0 Å². The largest absolute Gasteiger partial charge is 0.379 e. The van der Waals surface area contributed by atoms with Gasteiger partial charge in [-0.2, -0.15) is 0 Å². The lowest BCUT2D eigenvalue weighted by atomic mass is 10.3. The molecule has 1 heterocycles. The Labute approximate surface area is 117 Å². The maximum atomic E-state index is 5.71. The molecule has 2 N–H and O–H groups in total. The lowest BCUT2D eigenvalue weighted by molar-refractivity contribution is 0.0424. The molecule has 1 rings (SSSR count). The third-order valence-corrected chi connectivity index (χ3v) is 2.98. The van der Waals surface area contributed by atoms with Crippen molar-refractivity contribution >= 4 is 5.96 Å². The first kappa shape index (κ1) is 16.2. The van der Waals surface area contributed by atoms with E-state index in [0.717, 1.165) is 58.3 Å². The van der Waals surface area contributed by atoms with Crippen LogP contribution < -0.4 is 10.6 Å². The van der Waals surface area contributed by atoms with Crippen molar-refractivity contribution in [2.24, 2.45) is 4.99 Å². The Kier molecular flexibility index (Phi) is 9.45. The number of hydrogen-bond donors (Lipinski definition) is 2. The van der Waals surface area contributed by atoms with Crippen LogP contribution in [0, 0.1) is 0 Å². The average Bonchev–Trinajstić information content (AvgIpc) is 2.91. The summed E-state index contributed by atoms with van der Waals surface area (Å²) in [5.74, 6) is 0.917. The maximum Gasteiger partial charge on any atom is 0.191 e. The van der Waals surface area contributed by atoms with Gasteiger partial charge in [-0.05, 0) is 26.2 Å². The first-order chi connectivity index (χ1) is 9.36. The van der Waals surface area contributed by atoms with E-state index in [1.165, 1.54) is 12.8 Å². The summed E-state index contributed by atoms with van der Waals surface area (Å²) in [5.41, 5.74) is 0. The van der Waals surface area contributed by atoms with Crippen LogP contribution in [0.2, 0.25) is 0 Å². The fourth-order valence-electron chi connectivity index (χ4n) is 1.88. The molecule has 0 radical (unpaired) electrons. The van der Waals surface area contributed by atoms with Crippen molar-refractivity contribution in [3.63, 3.8) is 0 Å². The van der Waals surface area contributed by atoms with E-state index in [0.29, 0.717) is 6.10 Å². The second-order valence-electron chi connectivity index (χ2n) is 4.75.